The molecule has 0 amide bonds. The third-order valence-electron chi connectivity index (χ3n) is 11.7. The van der Waals surface area contributed by atoms with E-state index in [-0.39, 0.29) is 36.2 Å². The van der Waals surface area contributed by atoms with E-state index >= 15 is 0 Å². The first kappa shape index (κ1) is 33.0. The number of aliphatic hydroxyl groups excluding tert-OH is 1. The number of aliphatic hydroxyl groups is 1. The Balaban J connectivity index is 1.44. The van der Waals surface area contributed by atoms with Gasteiger partial charge >= 0.3 is 0 Å². The van der Waals surface area contributed by atoms with E-state index in [2.05, 4.69) is 29.1 Å². The Morgan fingerprint density at radius 1 is 1.00 bits per heavy atom. The first-order valence-electron chi connectivity index (χ1n) is 17.1. The molecule has 4 fully saturated rings. The molecule has 4 bridgehead atoms. The molecular formula is C34H56N2O4S2. The van der Waals surface area contributed by atoms with Crippen molar-refractivity contribution in [1.82, 2.24) is 5.32 Å². The standard InChI is InChI=1S/C34H56N2O4S2/c1-3-21-9-11-26(37)17-30(38)23-10-12-27(28-18-31(39)32(40-2)16-24(28)14-23)25-15-29(34(35)36-19-25)33(42-41-20-21)13-22-7-5-4-6-8-22/h14,21-22,24-25,27-29,31-34,36,39H,3-13,15-20,35H2,1-2H3. The van der Waals surface area contributed by atoms with Gasteiger partial charge in [0.25, 0.3) is 0 Å². The highest BCUT2D eigenvalue weighted by atomic mass is 33.1. The van der Waals surface area contributed by atoms with Gasteiger partial charge in [-0.25, -0.2) is 0 Å². The molecule has 5 rings (SSSR count). The highest BCUT2D eigenvalue weighted by Crippen LogP contribution is 2.49. The molecule has 0 aromatic rings. The predicted molar refractivity (Wildman–Crippen MR) is 174 cm³/mol. The molecule has 6 nitrogen and oxygen atoms in total. The molecule has 238 valence electrons. The Bertz CT molecular complexity index is 941. The van der Waals surface area contributed by atoms with Gasteiger partial charge in [0.1, 0.15) is 5.78 Å². The van der Waals surface area contributed by atoms with Crippen LogP contribution in [0.5, 0.6) is 0 Å². The zero-order valence-electron chi connectivity index (χ0n) is 26.0. The number of piperidine rings is 1. The summed E-state index contributed by atoms with van der Waals surface area (Å²) in [6.45, 7) is 3.14. The second kappa shape index (κ2) is 15.8. The van der Waals surface area contributed by atoms with Gasteiger partial charge in [0.15, 0.2) is 5.78 Å². The molecule has 2 heterocycles. The van der Waals surface area contributed by atoms with Crippen molar-refractivity contribution in [2.75, 3.05) is 19.4 Å². The molecule has 3 aliphatic carbocycles. The number of nitrogens with one attached hydrogen (secondary N) is 1. The molecule has 10 unspecified atom stereocenters. The number of hydrogen-bond acceptors (Lipinski definition) is 8. The Morgan fingerprint density at radius 3 is 2.57 bits per heavy atom. The maximum Gasteiger partial charge on any atom is 0.165 e. The lowest BCUT2D eigenvalue weighted by molar-refractivity contribution is -0.125. The van der Waals surface area contributed by atoms with E-state index in [0.717, 1.165) is 62.3 Å². The smallest absolute Gasteiger partial charge is 0.165 e. The van der Waals surface area contributed by atoms with Crippen LogP contribution in [0.25, 0.3) is 0 Å². The summed E-state index contributed by atoms with van der Waals surface area (Å²) >= 11 is 0. The third-order valence-corrected chi connectivity index (χ3v) is 14.7. The average Bonchev–Trinajstić information content (AvgIpc) is 3.17. The van der Waals surface area contributed by atoms with Crippen LogP contribution in [0.15, 0.2) is 11.6 Å². The number of carbonyl (C=O) groups is 2. The van der Waals surface area contributed by atoms with Crippen molar-refractivity contribution in [2.24, 2.45) is 47.2 Å². The van der Waals surface area contributed by atoms with Crippen LogP contribution in [0.4, 0.5) is 0 Å². The molecule has 0 radical (unpaired) electrons. The number of ketones is 2. The minimum absolute atomic E-state index is 0.0104. The molecule has 4 N–H and O–H groups in total. The van der Waals surface area contributed by atoms with Crippen LogP contribution in [0.2, 0.25) is 0 Å². The van der Waals surface area contributed by atoms with E-state index in [0.29, 0.717) is 47.7 Å². The first-order valence-corrected chi connectivity index (χ1v) is 19.5. The van der Waals surface area contributed by atoms with Gasteiger partial charge in [0, 0.05) is 30.5 Å². The summed E-state index contributed by atoms with van der Waals surface area (Å²) in [5, 5.41) is 15.3. The quantitative estimate of drug-likeness (QED) is 0.249. The fraction of sp³-hybridized carbons (Fsp3) is 0.882. The van der Waals surface area contributed by atoms with Crippen LogP contribution >= 0.6 is 21.6 Å². The lowest BCUT2D eigenvalue weighted by atomic mass is 9.64. The van der Waals surface area contributed by atoms with E-state index in [9.17, 15) is 14.7 Å². The minimum Gasteiger partial charge on any atom is -0.390 e. The van der Waals surface area contributed by atoms with Gasteiger partial charge in [0.05, 0.1) is 24.8 Å². The number of Topliss-reactive ketones (excluding diaryl/α,β-unsaturated/α-hetero) is 2. The monoisotopic (exact) mass is 620 g/mol. The van der Waals surface area contributed by atoms with Crippen molar-refractivity contribution in [1.29, 1.82) is 0 Å². The van der Waals surface area contributed by atoms with Gasteiger partial charge < -0.3 is 20.9 Å². The largest absolute Gasteiger partial charge is 0.390 e. The zero-order valence-corrected chi connectivity index (χ0v) is 27.6. The molecule has 5 aliphatic rings. The van der Waals surface area contributed by atoms with Crippen LogP contribution in [0.1, 0.15) is 103 Å². The van der Waals surface area contributed by atoms with Gasteiger partial charge in [-0.15, -0.1) is 0 Å². The maximum atomic E-state index is 13.5. The second-order valence-electron chi connectivity index (χ2n) is 14.2. The number of nitrogens with two attached hydrogens (primary N) is 1. The van der Waals surface area contributed by atoms with Crippen LogP contribution in [-0.2, 0) is 14.3 Å². The Labute approximate surface area is 262 Å². The summed E-state index contributed by atoms with van der Waals surface area (Å²) in [7, 11) is 5.78. The van der Waals surface area contributed by atoms with Gasteiger partial charge in [-0.3, -0.25) is 9.59 Å². The Morgan fingerprint density at radius 2 is 1.81 bits per heavy atom. The van der Waals surface area contributed by atoms with Gasteiger partial charge in [-0.1, -0.05) is 73.1 Å². The summed E-state index contributed by atoms with van der Waals surface area (Å²) in [5.74, 6) is 4.28. The van der Waals surface area contributed by atoms with Crippen LogP contribution in [0.3, 0.4) is 0 Å². The summed E-state index contributed by atoms with van der Waals surface area (Å²) in [5.41, 5.74) is 7.75. The van der Waals surface area contributed by atoms with Gasteiger partial charge in [-0.2, -0.15) is 0 Å². The van der Waals surface area contributed by atoms with E-state index in [1.54, 1.807) is 7.11 Å². The average molecular weight is 621 g/mol. The zero-order chi connectivity index (χ0) is 29.6. The molecule has 2 saturated carbocycles. The number of hydrogen-bond donors (Lipinski definition) is 3. The van der Waals surface area contributed by atoms with Crippen molar-refractivity contribution in [3.05, 3.63) is 11.6 Å². The first-order chi connectivity index (χ1) is 20.4. The third kappa shape index (κ3) is 8.25. The van der Waals surface area contributed by atoms with Crippen LogP contribution in [-0.4, -0.2) is 59.7 Å². The highest BCUT2D eigenvalue weighted by Gasteiger charge is 2.46. The topological polar surface area (TPSA) is 102 Å². The molecule has 2 saturated heterocycles. The van der Waals surface area contributed by atoms with Crippen molar-refractivity contribution < 1.29 is 19.4 Å². The number of carbonyl (C=O) groups excluding carboxylic acids is 2. The molecule has 42 heavy (non-hydrogen) atoms. The Kier molecular flexibility index (Phi) is 12.4. The van der Waals surface area contributed by atoms with E-state index in [1.807, 2.05) is 10.8 Å². The lowest BCUT2D eigenvalue weighted by Crippen LogP contribution is -2.56. The fourth-order valence-electron chi connectivity index (χ4n) is 8.98. The molecule has 8 heteroatoms. The number of fused-ring (bicyclic) bond motifs is 8. The maximum absolute atomic E-state index is 13.5. The Hall–Kier alpha value is -0.380. The molecular weight excluding hydrogens is 565 g/mol. The highest BCUT2D eigenvalue weighted by molar-refractivity contribution is 8.76. The normalized spacial score (nSPS) is 41.5. The molecule has 2 aliphatic heterocycles. The van der Waals surface area contributed by atoms with Gasteiger partial charge in [0.2, 0.25) is 0 Å². The van der Waals surface area contributed by atoms with Crippen molar-refractivity contribution in [2.45, 2.75) is 127 Å². The number of methoxy groups -OCH3 is 1. The van der Waals surface area contributed by atoms with Crippen molar-refractivity contribution >= 4 is 33.2 Å². The second-order valence-corrected chi connectivity index (χ2v) is 16.9. The van der Waals surface area contributed by atoms with Gasteiger partial charge in [-0.05, 0) is 92.6 Å². The van der Waals surface area contributed by atoms with Crippen molar-refractivity contribution in [3.63, 3.8) is 0 Å². The molecule has 10 atom stereocenters. The molecule has 0 aromatic carbocycles. The summed E-state index contributed by atoms with van der Waals surface area (Å²) in [6, 6.07) is 0. The number of ether oxygens (including phenoxy) is 1. The molecule has 0 aromatic heterocycles. The SMILES string of the molecule is CCC1CCC(=O)CC(=O)C2=CC3CC(OC)C(O)CC3C(CC2)C2CNC(N)C(C2)C(CC2CCCCC2)SSC1. The van der Waals surface area contributed by atoms with E-state index < -0.39 is 6.10 Å². The molecule has 0 spiro atoms. The van der Waals surface area contributed by atoms with E-state index in [1.165, 1.54) is 38.5 Å². The summed E-state index contributed by atoms with van der Waals surface area (Å²) in [6.07, 6.45) is 16.3. The fourth-order valence-corrected chi connectivity index (χ4v) is 12.6. The number of rotatable bonds is 4. The van der Waals surface area contributed by atoms with Crippen LogP contribution < -0.4 is 11.1 Å². The van der Waals surface area contributed by atoms with Crippen LogP contribution in [0, 0.1) is 41.4 Å². The lowest BCUT2D eigenvalue weighted by Gasteiger charge is -2.47. The predicted octanol–water partition coefficient (Wildman–Crippen LogP) is 6.30. The minimum atomic E-state index is -0.476. The summed E-state index contributed by atoms with van der Waals surface area (Å²) < 4.78 is 5.70. The number of allylic oxidation sites excluding steroid dienone is 2. The summed E-state index contributed by atoms with van der Waals surface area (Å²) in [4.78, 5) is 26.5. The van der Waals surface area contributed by atoms with Crippen molar-refractivity contribution in [3.8, 4) is 0 Å². The van der Waals surface area contributed by atoms with E-state index in [4.69, 9.17) is 10.5 Å².